The number of hydrogen-bond acceptors (Lipinski definition) is 4. The van der Waals surface area contributed by atoms with Crippen molar-refractivity contribution in [1.29, 1.82) is 0 Å². The van der Waals surface area contributed by atoms with Gasteiger partial charge in [-0.25, -0.2) is 15.0 Å². The van der Waals surface area contributed by atoms with Crippen molar-refractivity contribution in [3.8, 4) is 56.4 Å². The number of nitrogens with zero attached hydrogens (tertiary/aromatic N) is 3. The van der Waals surface area contributed by atoms with Gasteiger partial charge in [0.1, 0.15) is 7.14 Å². The van der Waals surface area contributed by atoms with Crippen LogP contribution in [0, 0.1) is 0 Å². The zero-order valence-corrected chi connectivity index (χ0v) is 35.1. The van der Waals surface area contributed by atoms with E-state index in [1.54, 1.807) is 0 Å². The summed E-state index contributed by atoms with van der Waals surface area (Å²) in [5.74, 6) is 1.80. The Morgan fingerprint density at radius 2 is 0.742 bits per heavy atom. The second-order valence-corrected chi connectivity index (χ2v) is 19.9. The fraction of sp³-hybridized carbons (Fsp3) is 0.0351. The average molecular weight is 812 g/mol. The van der Waals surface area contributed by atoms with Gasteiger partial charge in [-0.1, -0.05) is 170 Å². The zero-order chi connectivity index (χ0) is 41.5. The van der Waals surface area contributed by atoms with Gasteiger partial charge in [0.25, 0.3) is 0 Å². The topological polar surface area (TPSA) is 55.7 Å². The summed E-state index contributed by atoms with van der Waals surface area (Å²) in [4.78, 5) is 15.2. The molecule has 0 aliphatic rings. The first-order valence-electron chi connectivity index (χ1n) is 21.0. The van der Waals surface area contributed by atoms with Crippen LogP contribution < -0.4 is 5.30 Å². The van der Waals surface area contributed by atoms with Gasteiger partial charge < -0.3 is 4.57 Å². The molecule has 0 radical (unpaired) electrons. The van der Waals surface area contributed by atoms with E-state index in [9.17, 15) is 4.57 Å². The third kappa shape index (κ3) is 5.98. The van der Waals surface area contributed by atoms with Crippen LogP contribution >= 0.6 is 7.14 Å². The van der Waals surface area contributed by atoms with E-state index in [2.05, 4.69) is 133 Å². The summed E-state index contributed by atoms with van der Waals surface area (Å²) in [5, 5.41) is 16.1. The highest BCUT2D eigenvalue weighted by molar-refractivity contribution is 7.70. The molecule has 62 heavy (non-hydrogen) atoms. The highest BCUT2D eigenvalue weighted by Crippen LogP contribution is 2.45. The molecule has 0 saturated carbocycles. The third-order valence-electron chi connectivity index (χ3n) is 12.5. The minimum absolute atomic E-state index is 0.588. The van der Waals surface area contributed by atoms with Crippen molar-refractivity contribution >= 4 is 77.1 Å². The Morgan fingerprint density at radius 3 is 1.34 bits per heavy atom. The van der Waals surface area contributed by atoms with E-state index in [1.165, 1.54) is 64.6 Å². The molecule has 5 heteroatoms. The molecule has 12 rings (SSSR count). The lowest BCUT2D eigenvalue weighted by Gasteiger charge is -2.17. The Labute approximate surface area is 358 Å². The molecule has 4 nitrogen and oxygen atoms in total. The molecular weight excluding hydrogens is 774 g/mol. The summed E-state index contributed by atoms with van der Waals surface area (Å²) in [6.45, 7) is 3.62. The van der Waals surface area contributed by atoms with Crippen LogP contribution in [0.5, 0.6) is 0 Å². The predicted octanol–water partition coefficient (Wildman–Crippen LogP) is 14.8. The zero-order valence-electron chi connectivity index (χ0n) is 34.2. The molecule has 1 aromatic heterocycles. The molecule has 1 heterocycles. The molecule has 0 amide bonds. The third-order valence-corrected chi connectivity index (χ3v) is 14.0. The number of benzene rings is 10. The van der Waals surface area contributed by atoms with Gasteiger partial charge in [-0.05, 0) is 124 Å². The Balaban J connectivity index is 1.02. The molecule has 0 bridgehead atoms. The van der Waals surface area contributed by atoms with Gasteiger partial charge in [-0.2, -0.15) is 0 Å². The first kappa shape index (κ1) is 36.3. The standard InChI is InChI=1S/C57H38N3OP/c1-62(2,61)46-19-7-17-42(33-46)41-16-6-18-44(31-41)57-59-55(39-11-4-3-5-12-39)58-56(60-57)40-28-23-35(24-29-40)45-32-43-30-27-38-14-9-21-48-47-20-8-13-36-25-26-37-15-10-22-49(53(37)51(36)47)50(34-45)54(43)52(38)48/h3-34H,1-2H3. The molecule has 0 N–H and O–H groups in total. The quantitative estimate of drug-likeness (QED) is 0.124. The van der Waals surface area contributed by atoms with Gasteiger partial charge in [0, 0.05) is 22.0 Å². The molecule has 11 aromatic carbocycles. The number of rotatable bonds is 6. The summed E-state index contributed by atoms with van der Waals surface area (Å²) in [5.41, 5.74) is 6.97. The van der Waals surface area contributed by atoms with Gasteiger partial charge in [0.15, 0.2) is 17.5 Å². The molecule has 0 spiro atoms. The number of aromatic nitrogens is 3. The van der Waals surface area contributed by atoms with Crippen molar-refractivity contribution in [3.63, 3.8) is 0 Å². The highest BCUT2D eigenvalue weighted by atomic mass is 31.2. The smallest absolute Gasteiger partial charge is 0.164 e. The Kier molecular flexibility index (Phi) is 8.22. The van der Waals surface area contributed by atoms with Crippen LogP contribution in [0.1, 0.15) is 0 Å². The Bertz CT molecular complexity index is 3790. The number of hydrogen-bond donors (Lipinski definition) is 0. The summed E-state index contributed by atoms with van der Waals surface area (Å²) in [6, 6.07) is 69.0. The van der Waals surface area contributed by atoms with E-state index >= 15 is 0 Å². The monoisotopic (exact) mass is 811 g/mol. The largest absolute Gasteiger partial charge is 0.319 e. The van der Waals surface area contributed by atoms with Crippen LogP contribution in [0.25, 0.3) is 121 Å². The van der Waals surface area contributed by atoms with Gasteiger partial charge in [0.05, 0.1) is 0 Å². The predicted molar refractivity (Wildman–Crippen MR) is 262 cm³/mol. The molecule has 0 atom stereocenters. The van der Waals surface area contributed by atoms with Gasteiger partial charge in [-0.3, -0.25) is 0 Å². The number of fused-ring (bicyclic) bond motifs is 2. The first-order valence-corrected chi connectivity index (χ1v) is 23.6. The maximum atomic E-state index is 13.0. The Hall–Kier alpha value is -7.52. The van der Waals surface area contributed by atoms with E-state index in [1.807, 2.05) is 74.0 Å². The van der Waals surface area contributed by atoms with Gasteiger partial charge in [0.2, 0.25) is 0 Å². The van der Waals surface area contributed by atoms with Gasteiger partial charge in [-0.15, -0.1) is 0 Å². The lowest BCUT2D eigenvalue weighted by molar-refractivity contribution is 0.588. The summed E-state index contributed by atoms with van der Waals surface area (Å²) in [6.07, 6.45) is 0. The molecule has 0 fully saturated rings. The fourth-order valence-electron chi connectivity index (χ4n) is 9.47. The van der Waals surface area contributed by atoms with Crippen LogP contribution in [0.15, 0.2) is 194 Å². The lowest BCUT2D eigenvalue weighted by Crippen LogP contribution is -2.02. The van der Waals surface area contributed by atoms with E-state index < -0.39 is 7.14 Å². The van der Waals surface area contributed by atoms with E-state index in [0.717, 1.165) is 44.2 Å². The van der Waals surface area contributed by atoms with E-state index in [-0.39, 0.29) is 0 Å². The van der Waals surface area contributed by atoms with Gasteiger partial charge >= 0.3 is 0 Å². The second kappa shape index (κ2) is 14.0. The van der Waals surface area contributed by atoms with Crippen molar-refractivity contribution in [2.24, 2.45) is 0 Å². The fourth-order valence-corrected chi connectivity index (χ4v) is 10.4. The summed E-state index contributed by atoms with van der Waals surface area (Å²) >= 11 is 0. The average Bonchev–Trinajstić information content (AvgIpc) is 3.32. The molecule has 292 valence electrons. The maximum absolute atomic E-state index is 13.0. The van der Waals surface area contributed by atoms with Crippen LogP contribution in [-0.2, 0) is 4.57 Å². The maximum Gasteiger partial charge on any atom is 0.164 e. The molecule has 0 saturated heterocycles. The van der Waals surface area contributed by atoms with Crippen LogP contribution in [0.3, 0.4) is 0 Å². The van der Waals surface area contributed by atoms with Crippen LogP contribution in [0.2, 0.25) is 0 Å². The Morgan fingerprint density at radius 1 is 0.306 bits per heavy atom. The normalized spacial score (nSPS) is 12.1. The van der Waals surface area contributed by atoms with Crippen molar-refractivity contribution < 1.29 is 4.57 Å². The minimum atomic E-state index is -2.43. The van der Waals surface area contributed by atoms with Crippen LogP contribution in [-0.4, -0.2) is 28.3 Å². The van der Waals surface area contributed by atoms with Crippen molar-refractivity contribution in [2.75, 3.05) is 13.3 Å². The molecule has 12 aromatic rings. The minimum Gasteiger partial charge on any atom is -0.319 e. The van der Waals surface area contributed by atoms with Crippen molar-refractivity contribution in [1.82, 2.24) is 15.0 Å². The molecule has 0 aliphatic carbocycles. The van der Waals surface area contributed by atoms with E-state index in [4.69, 9.17) is 15.0 Å². The SMILES string of the molecule is CP(C)(=O)c1cccc(-c2cccc(-c3nc(-c4ccccc4)nc(-c4ccc(-c5cc6ccc7cccc8c9cccc%10ccc%11cccc(c(c5)c6c78)c%11c%109)cc4)n3)c2)c1. The molecule has 0 aliphatic heterocycles. The van der Waals surface area contributed by atoms with E-state index in [0.29, 0.717) is 17.5 Å². The second-order valence-electron chi connectivity index (χ2n) is 16.7. The highest BCUT2D eigenvalue weighted by Gasteiger charge is 2.18. The lowest BCUT2D eigenvalue weighted by atomic mass is 9.86. The molecule has 0 unspecified atom stereocenters. The van der Waals surface area contributed by atoms with Crippen molar-refractivity contribution in [3.05, 3.63) is 194 Å². The first-order chi connectivity index (χ1) is 30.3. The molecular formula is C57H38N3OP. The summed E-state index contributed by atoms with van der Waals surface area (Å²) < 4.78 is 13.0. The van der Waals surface area contributed by atoms with Crippen molar-refractivity contribution in [2.45, 2.75) is 0 Å². The summed E-state index contributed by atoms with van der Waals surface area (Å²) in [7, 11) is -2.43. The van der Waals surface area contributed by atoms with Crippen LogP contribution in [0.4, 0.5) is 0 Å².